The maximum Gasteiger partial charge on any atom is 0.237 e. The largest absolute Gasteiger partial charge is 0.508 e. The van der Waals surface area contributed by atoms with Crippen molar-refractivity contribution in [3.8, 4) is 5.75 Å². The second-order valence-corrected chi connectivity index (χ2v) is 5.63. The molecule has 1 saturated carbocycles. The van der Waals surface area contributed by atoms with E-state index in [1.165, 1.54) is 0 Å². The molecule has 0 spiro atoms. The molecule has 1 aromatic rings. The maximum atomic E-state index is 11.9. The van der Waals surface area contributed by atoms with E-state index >= 15 is 0 Å². The molecule has 0 aromatic heterocycles. The molecule has 1 amide bonds. The lowest BCUT2D eigenvalue weighted by atomic mass is 10.0. The van der Waals surface area contributed by atoms with Crippen LogP contribution in [0.15, 0.2) is 24.3 Å². The van der Waals surface area contributed by atoms with Crippen molar-refractivity contribution in [2.24, 2.45) is 5.73 Å². The highest BCUT2D eigenvalue weighted by Gasteiger charge is 2.31. The number of aliphatic hydroxyl groups is 1. The van der Waals surface area contributed by atoms with Crippen LogP contribution < -0.4 is 11.1 Å². The van der Waals surface area contributed by atoms with Crippen LogP contribution >= 0.6 is 0 Å². The van der Waals surface area contributed by atoms with E-state index in [4.69, 9.17) is 5.73 Å². The molecule has 0 aliphatic heterocycles. The summed E-state index contributed by atoms with van der Waals surface area (Å²) >= 11 is 0. The summed E-state index contributed by atoms with van der Waals surface area (Å²) in [6, 6.07) is 5.98. The molecule has 0 heterocycles. The Morgan fingerprint density at radius 2 is 1.90 bits per heavy atom. The van der Waals surface area contributed by atoms with Gasteiger partial charge in [-0.15, -0.1) is 0 Å². The van der Waals surface area contributed by atoms with Gasteiger partial charge < -0.3 is 21.3 Å². The van der Waals surface area contributed by atoms with Crippen LogP contribution in [-0.2, 0) is 11.2 Å². The molecule has 20 heavy (non-hydrogen) atoms. The monoisotopic (exact) mass is 278 g/mol. The fourth-order valence-corrected chi connectivity index (χ4v) is 2.57. The highest BCUT2D eigenvalue weighted by atomic mass is 16.3. The molecule has 110 valence electrons. The summed E-state index contributed by atoms with van der Waals surface area (Å²) in [6.45, 7) is 0.273. The van der Waals surface area contributed by atoms with Crippen molar-refractivity contribution >= 4 is 5.91 Å². The van der Waals surface area contributed by atoms with Crippen LogP contribution in [0.25, 0.3) is 0 Å². The zero-order chi connectivity index (χ0) is 14.6. The van der Waals surface area contributed by atoms with Crippen LogP contribution in [0.1, 0.15) is 31.2 Å². The molecule has 1 aliphatic rings. The molecule has 1 unspecified atom stereocenters. The van der Waals surface area contributed by atoms with E-state index in [1.54, 1.807) is 24.3 Å². The van der Waals surface area contributed by atoms with E-state index in [1.807, 2.05) is 0 Å². The first kappa shape index (κ1) is 14.8. The van der Waals surface area contributed by atoms with Gasteiger partial charge in [-0.1, -0.05) is 25.0 Å². The second-order valence-electron chi connectivity index (χ2n) is 5.63. The fraction of sp³-hybridized carbons (Fsp3) is 0.533. The summed E-state index contributed by atoms with van der Waals surface area (Å²) in [5, 5.41) is 22.1. The Balaban J connectivity index is 1.81. The molecule has 2 rings (SSSR count). The first-order valence-electron chi connectivity index (χ1n) is 7.02. The molecule has 1 atom stereocenters. The van der Waals surface area contributed by atoms with Crippen molar-refractivity contribution in [2.45, 2.75) is 43.7 Å². The lowest BCUT2D eigenvalue weighted by Crippen LogP contribution is -2.48. The van der Waals surface area contributed by atoms with Crippen molar-refractivity contribution in [3.63, 3.8) is 0 Å². The van der Waals surface area contributed by atoms with Gasteiger partial charge in [-0.2, -0.15) is 0 Å². The number of benzene rings is 1. The molecule has 0 radical (unpaired) electrons. The number of phenols is 1. The van der Waals surface area contributed by atoms with Gasteiger partial charge in [0.25, 0.3) is 0 Å². The molecule has 5 N–H and O–H groups in total. The summed E-state index contributed by atoms with van der Waals surface area (Å²) in [7, 11) is 0. The average Bonchev–Trinajstić information content (AvgIpc) is 2.86. The average molecular weight is 278 g/mol. The number of phenolic OH excluding ortho intramolecular Hbond substituents is 1. The lowest BCUT2D eigenvalue weighted by Gasteiger charge is -2.23. The SMILES string of the molecule is NC(Cc1ccc(O)cc1)C(=O)NCC1(O)CCCC1. The Morgan fingerprint density at radius 1 is 1.30 bits per heavy atom. The van der Waals surface area contributed by atoms with Crippen LogP contribution in [0.5, 0.6) is 5.75 Å². The van der Waals surface area contributed by atoms with E-state index in [0.717, 1.165) is 31.2 Å². The third-order valence-electron chi connectivity index (χ3n) is 3.85. The van der Waals surface area contributed by atoms with Crippen molar-refractivity contribution in [2.75, 3.05) is 6.54 Å². The minimum atomic E-state index is -0.756. The Kier molecular flexibility index (Phi) is 4.62. The smallest absolute Gasteiger partial charge is 0.237 e. The minimum Gasteiger partial charge on any atom is -0.508 e. The molecule has 0 saturated heterocycles. The number of carbonyl (C=O) groups excluding carboxylic acids is 1. The maximum absolute atomic E-state index is 11.9. The molecule has 1 aliphatic carbocycles. The van der Waals surface area contributed by atoms with E-state index in [0.29, 0.717) is 6.42 Å². The normalized spacial score (nSPS) is 18.7. The predicted molar refractivity (Wildman–Crippen MR) is 76.2 cm³/mol. The fourth-order valence-electron chi connectivity index (χ4n) is 2.57. The van der Waals surface area contributed by atoms with Crippen LogP contribution in [0.3, 0.4) is 0 Å². The number of nitrogens with one attached hydrogen (secondary N) is 1. The van der Waals surface area contributed by atoms with Gasteiger partial charge >= 0.3 is 0 Å². The quantitative estimate of drug-likeness (QED) is 0.637. The molecule has 5 heteroatoms. The van der Waals surface area contributed by atoms with E-state index in [-0.39, 0.29) is 18.2 Å². The molecular formula is C15H22N2O3. The number of nitrogens with two attached hydrogens (primary N) is 1. The molecular weight excluding hydrogens is 256 g/mol. The Hall–Kier alpha value is -1.59. The summed E-state index contributed by atoms with van der Waals surface area (Å²) in [5.74, 6) is -0.0615. The van der Waals surface area contributed by atoms with Gasteiger partial charge in [0, 0.05) is 6.54 Å². The standard InChI is InChI=1S/C15H22N2O3/c16-13(9-11-3-5-12(18)6-4-11)14(19)17-10-15(20)7-1-2-8-15/h3-6,13,18,20H,1-2,7-10,16H2,(H,17,19). The van der Waals surface area contributed by atoms with Crippen molar-refractivity contribution in [3.05, 3.63) is 29.8 Å². The van der Waals surface area contributed by atoms with Gasteiger partial charge in [0.1, 0.15) is 5.75 Å². The Morgan fingerprint density at radius 3 is 2.50 bits per heavy atom. The van der Waals surface area contributed by atoms with Gasteiger partial charge in [0.2, 0.25) is 5.91 Å². The van der Waals surface area contributed by atoms with Crippen LogP contribution in [0.2, 0.25) is 0 Å². The van der Waals surface area contributed by atoms with Crippen LogP contribution in [-0.4, -0.2) is 34.3 Å². The summed E-state index contributed by atoms with van der Waals surface area (Å²) in [4.78, 5) is 11.9. The highest BCUT2D eigenvalue weighted by molar-refractivity contribution is 5.81. The topological polar surface area (TPSA) is 95.6 Å². The van der Waals surface area contributed by atoms with Gasteiger partial charge in [0.05, 0.1) is 11.6 Å². The van der Waals surface area contributed by atoms with Crippen molar-refractivity contribution < 1.29 is 15.0 Å². The van der Waals surface area contributed by atoms with Gasteiger partial charge in [-0.25, -0.2) is 0 Å². The predicted octanol–water partition coefficient (Wildman–Crippen LogP) is 0.683. The third-order valence-corrected chi connectivity index (χ3v) is 3.85. The van der Waals surface area contributed by atoms with Crippen LogP contribution in [0, 0.1) is 0 Å². The highest BCUT2D eigenvalue weighted by Crippen LogP contribution is 2.28. The molecule has 0 bridgehead atoms. The van der Waals surface area contributed by atoms with E-state index in [9.17, 15) is 15.0 Å². The molecule has 5 nitrogen and oxygen atoms in total. The summed E-state index contributed by atoms with van der Waals surface area (Å²) in [5.41, 5.74) is 6.00. The van der Waals surface area contributed by atoms with Crippen molar-refractivity contribution in [1.29, 1.82) is 0 Å². The van der Waals surface area contributed by atoms with E-state index in [2.05, 4.69) is 5.32 Å². The Labute approximate surface area is 118 Å². The van der Waals surface area contributed by atoms with Gasteiger partial charge in [-0.05, 0) is 37.0 Å². The second kappa shape index (κ2) is 6.24. The zero-order valence-corrected chi connectivity index (χ0v) is 11.5. The first-order chi connectivity index (χ1) is 9.48. The number of hydrogen-bond acceptors (Lipinski definition) is 4. The number of amides is 1. The lowest BCUT2D eigenvalue weighted by molar-refractivity contribution is -0.123. The molecule has 1 fully saturated rings. The number of carbonyl (C=O) groups is 1. The molecule has 1 aromatic carbocycles. The number of hydrogen-bond donors (Lipinski definition) is 4. The van der Waals surface area contributed by atoms with Gasteiger partial charge in [-0.3, -0.25) is 4.79 Å². The Bertz CT molecular complexity index is 453. The van der Waals surface area contributed by atoms with Crippen molar-refractivity contribution in [1.82, 2.24) is 5.32 Å². The minimum absolute atomic E-state index is 0.190. The summed E-state index contributed by atoms with van der Waals surface area (Å²) < 4.78 is 0. The zero-order valence-electron chi connectivity index (χ0n) is 11.5. The van der Waals surface area contributed by atoms with E-state index < -0.39 is 11.6 Å². The van der Waals surface area contributed by atoms with Crippen LogP contribution in [0.4, 0.5) is 0 Å². The number of rotatable bonds is 5. The number of aromatic hydroxyl groups is 1. The first-order valence-corrected chi connectivity index (χ1v) is 7.02. The third kappa shape index (κ3) is 3.95. The summed E-state index contributed by atoms with van der Waals surface area (Å²) in [6.07, 6.45) is 3.89. The van der Waals surface area contributed by atoms with Gasteiger partial charge in [0.15, 0.2) is 0 Å².